The molecule has 26 heavy (non-hydrogen) atoms. The zero-order valence-electron chi connectivity index (χ0n) is 15.7. The molecule has 1 aromatic rings. The van der Waals surface area contributed by atoms with E-state index in [9.17, 15) is 9.59 Å². The summed E-state index contributed by atoms with van der Waals surface area (Å²) in [5.74, 6) is 0.0326. The number of carbonyl (C=O) groups excluding carboxylic acids is 2. The number of rotatable bonds is 5. The minimum atomic E-state index is 0.00325. The molecule has 0 spiro atoms. The van der Waals surface area contributed by atoms with E-state index in [-0.39, 0.29) is 30.5 Å². The molecule has 0 bridgehead atoms. The molecule has 3 heterocycles. The van der Waals surface area contributed by atoms with Gasteiger partial charge >= 0.3 is 0 Å². The van der Waals surface area contributed by atoms with Gasteiger partial charge < -0.3 is 19.3 Å². The van der Waals surface area contributed by atoms with Crippen molar-refractivity contribution in [3.8, 4) is 0 Å². The summed E-state index contributed by atoms with van der Waals surface area (Å²) in [6, 6.07) is 0.206. The second kappa shape index (κ2) is 8.45. The van der Waals surface area contributed by atoms with E-state index >= 15 is 0 Å². The highest BCUT2D eigenvalue weighted by Crippen LogP contribution is 2.26. The van der Waals surface area contributed by atoms with Gasteiger partial charge in [-0.25, -0.2) is 4.98 Å². The second-order valence-electron chi connectivity index (χ2n) is 6.92. The Morgan fingerprint density at radius 2 is 2.00 bits per heavy atom. The number of amides is 2. The Labute approximate surface area is 158 Å². The van der Waals surface area contributed by atoms with Gasteiger partial charge in [-0.1, -0.05) is 0 Å². The molecule has 3 rings (SSSR count). The van der Waals surface area contributed by atoms with Gasteiger partial charge in [0.1, 0.15) is 11.5 Å². The van der Waals surface area contributed by atoms with E-state index in [0.29, 0.717) is 31.2 Å². The first-order chi connectivity index (χ1) is 12.5. The SMILES string of the molecule is COCC(=O)N(C1CCOCC1)C1CCN(C(=O)c2sc(C)nc2C)C1. The summed E-state index contributed by atoms with van der Waals surface area (Å²) in [5, 5.41) is 0.903. The van der Waals surface area contributed by atoms with Crippen molar-refractivity contribution in [3.63, 3.8) is 0 Å². The molecule has 2 saturated heterocycles. The minimum absolute atomic E-state index is 0.00325. The smallest absolute Gasteiger partial charge is 0.265 e. The third kappa shape index (κ3) is 4.07. The molecule has 0 saturated carbocycles. The first-order valence-electron chi connectivity index (χ1n) is 9.12. The molecule has 2 aliphatic heterocycles. The van der Waals surface area contributed by atoms with Crippen molar-refractivity contribution in [2.75, 3.05) is 40.0 Å². The normalized spacial score (nSPS) is 21.2. The molecule has 2 amide bonds. The number of hydrogen-bond donors (Lipinski definition) is 0. The van der Waals surface area contributed by atoms with Crippen molar-refractivity contribution in [2.24, 2.45) is 0 Å². The summed E-state index contributed by atoms with van der Waals surface area (Å²) in [6.07, 6.45) is 2.48. The van der Waals surface area contributed by atoms with Crippen molar-refractivity contribution in [3.05, 3.63) is 15.6 Å². The van der Waals surface area contributed by atoms with E-state index in [4.69, 9.17) is 9.47 Å². The van der Waals surface area contributed by atoms with Crippen molar-refractivity contribution >= 4 is 23.2 Å². The lowest BCUT2D eigenvalue weighted by atomic mass is 10.0. The van der Waals surface area contributed by atoms with E-state index in [1.165, 1.54) is 11.3 Å². The molecule has 0 aliphatic carbocycles. The van der Waals surface area contributed by atoms with Gasteiger partial charge in [-0.15, -0.1) is 11.3 Å². The molecule has 7 nitrogen and oxygen atoms in total. The Kier molecular flexibility index (Phi) is 6.26. The lowest BCUT2D eigenvalue weighted by molar-refractivity contribution is -0.142. The maximum Gasteiger partial charge on any atom is 0.265 e. The largest absolute Gasteiger partial charge is 0.381 e. The summed E-state index contributed by atoms with van der Waals surface area (Å²) in [6.45, 7) is 6.46. The first kappa shape index (κ1) is 19.3. The Hall–Kier alpha value is -1.51. The number of hydrogen-bond acceptors (Lipinski definition) is 6. The highest BCUT2D eigenvalue weighted by atomic mass is 32.1. The zero-order valence-corrected chi connectivity index (χ0v) is 16.5. The van der Waals surface area contributed by atoms with Crippen LogP contribution in [-0.4, -0.2) is 78.7 Å². The minimum Gasteiger partial charge on any atom is -0.381 e. The van der Waals surface area contributed by atoms with Gasteiger partial charge in [0.15, 0.2) is 0 Å². The number of aromatic nitrogens is 1. The van der Waals surface area contributed by atoms with Crippen LogP contribution in [-0.2, 0) is 14.3 Å². The molecular formula is C18H27N3O4S. The number of methoxy groups -OCH3 is 1. The zero-order chi connectivity index (χ0) is 18.7. The highest BCUT2D eigenvalue weighted by Gasteiger charge is 2.37. The van der Waals surface area contributed by atoms with Gasteiger partial charge in [0.25, 0.3) is 5.91 Å². The summed E-state index contributed by atoms with van der Waals surface area (Å²) < 4.78 is 10.5. The third-order valence-corrected chi connectivity index (χ3v) is 6.14. The molecule has 1 atom stereocenters. The number of thiazole rings is 1. The van der Waals surface area contributed by atoms with Gasteiger partial charge in [-0.05, 0) is 33.1 Å². The van der Waals surface area contributed by atoms with Crippen LogP contribution in [0.4, 0.5) is 0 Å². The molecule has 2 fully saturated rings. The third-order valence-electron chi connectivity index (χ3n) is 5.08. The molecule has 1 unspecified atom stereocenters. The monoisotopic (exact) mass is 381 g/mol. The van der Waals surface area contributed by atoms with Crippen molar-refractivity contribution in [1.82, 2.24) is 14.8 Å². The van der Waals surface area contributed by atoms with Crippen LogP contribution in [0.2, 0.25) is 0 Å². The van der Waals surface area contributed by atoms with Crippen LogP contribution in [0.3, 0.4) is 0 Å². The van der Waals surface area contributed by atoms with Gasteiger partial charge in [-0.3, -0.25) is 9.59 Å². The van der Waals surface area contributed by atoms with Crippen molar-refractivity contribution in [1.29, 1.82) is 0 Å². The quantitative estimate of drug-likeness (QED) is 0.775. The molecule has 8 heteroatoms. The predicted octanol–water partition coefficient (Wildman–Crippen LogP) is 1.63. The van der Waals surface area contributed by atoms with Gasteiger partial charge in [0.2, 0.25) is 5.91 Å². The fourth-order valence-corrected chi connectivity index (χ4v) is 4.78. The predicted molar refractivity (Wildman–Crippen MR) is 98.5 cm³/mol. The summed E-state index contributed by atoms with van der Waals surface area (Å²) in [5.41, 5.74) is 0.790. The van der Waals surface area contributed by atoms with E-state index in [1.54, 1.807) is 7.11 Å². The maximum absolute atomic E-state index is 12.9. The van der Waals surface area contributed by atoms with Crippen LogP contribution in [0.15, 0.2) is 0 Å². The van der Waals surface area contributed by atoms with Gasteiger partial charge in [0, 0.05) is 39.5 Å². The Morgan fingerprint density at radius 1 is 1.27 bits per heavy atom. The van der Waals surface area contributed by atoms with Crippen LogP contribution < -0.4 is 0 Å². The van der Waals surface area contributed by atoms with E-state index < -0.39 is 0 Å². The van der Waals surface area contributed by atoms with Crippen LogP contribution in [0, 0.1) is 13.8 Å². The number of ether oxygens (including phenoxy) is 2. The van der Waals surface area contributed by atoms with Gasteiger partial charge in [0.05, 0.1) is 16.7 Å². The Bertz CT molecular complexity index is 657. The van der Waals surface area contributed by atoms with Crippen LogP contribution in [0.25, 0.3) is 0 Å². The lowest BCUT2D eigenvalue weighted by Gasteiger charge is -2.38. The molecule has 144 valence electrons. The fraction of sp³-hybridized carbons (Fsp3) is 0.722. The number of carbonyl (C=O) groups is 2. The van der Waals surface area contributed by atoms with Crippen LogP contribution in [0.5, 0.6) is 0 Å². The standard InChI is InChI=1S/C18H27N3O4S/c1-12-17(26-13(2)19-12)18(23)20-7-4-15(10-20)21(16(22)11-24-3)14-5-8-25-9-6-14/h14-15H,4-11H2,1-3H3. The molecule has 2 aliphatic rings. The highest BCUT2D eigenvalue weighted by molar-refractivity contribution is 7.13. The first-order valence-corrected chi connectivity index (χ1v) is 9.94. The van der Waals surface area contributed by atoms with E-state index in [1.807, 2.05) is 23.6 Å². The Morgan fingerprint density at radius 3 is 2.62 bits per heavy atom. The number of aryl methyl sites for hydroxylation is 2. The molecule has 0 aromatic carbocycles. The number of likely N-dealkylation sites (tertiary alicyclic amines) is 1. The van der Waals surface area contributed by atoms with Gasteiger partial charge in [-0.2, -0.15) is 0 Å². The van der Waals surface area contributed by atoms with Crippen molar-refractivity contribution in [2.45, 2.75) is 45.2 Å². The van der Waals surface area contributed by atoms with E-state index in [0.717, 1.165) is 30.0 Å². The molecule has 0 radical (unpaired) electrons. The summed E-state index contributed by atoms with van der Waals surface area (Å²) >= 11 is 1.44. The molecule has 1 aromatic heterocycles. The van der Waals surface area contributed by atoms with E-state index in [2.05, 4.69) is 4.98 Å². The summed E-state index contributed by atoms with van der Waals surface area (Å²) in [7, 11) is 1.54. The van der Waals surface area contributed by atoms with Crippen molar-refractivity contribution < 1.29 is 19.1 Å². The fourth-order valence-electron chi connectivity index (χ4n) is 3.89. The second-order valence-corrected chi connectivity index (χ2v) is 8.12. The average Bonchev–Trinajstić information content (AvgIpc) is 3.22. The maximum atomic E-state index is 12.9. The average molecular weight is 381 g/mol. The molecule has 0 N–H and O–H groups in total. The number of nitrogens with zero attached hydrogens (tertiary/aromatic N) is 3. The summed E-state index contributed by atoms with van der Waals surface area (Å²) in [4.78, 5) is 34.4. The van der Waals surface area contributed by atoms with Crippen LogP contribution in [0.1, 0.15) is 39.6 Å². The van der Waals surface area contributed by atoms with Crippen LogP contribution >= 0.6 is 11.3 Å². The molecular weight excluding hydrogens is 354 g/mol. The Balaban J connectivity index is 1.72. The lowest BCUT2D eigenvalue weighted by Crippen LogP contribution is -2.51. The topological polar surface area (TPSA) is 72.0 Å².